The molecule has 1 aromatic heterocycles. The standard InChI is InChI=1S/C16H20N2S2/c1-14-12-19-16(20-14,7-9-18-10-8-17-13-18)11-15-5-3-2-4-6-15/h2-6,8,10,13-14H,7,9,11-12H2,1H3. The summed E-state index contributed by atoms with van der Waals surface area (Å²) in [7, 11) is 0. The highest BCUT2D eigenvalue weighted by molar-refractivity contribution is 8.21. The monoisotopic (exact) mass is 304 g/mol. The summed E-state index contributed by atoms with van der Waals surface area (Å²) in [6.45, 7) is 3.40. The van der Waals surface area contributed by atoms with Crippen molar-refractivity contribution in [1.82, 2.24) is 9.55 Å². The van der Waals surface area contributed by atoms with Crippen LogP contribution in [0.1, 0.15) is 18.9 Å². The molecule has 0 spiro atoms. The lowest BCUT2D eigenvalue weighted by molar-refractivity contribution is 0.597. The van der Waals surface area contributed by atoms with Gasteiger partial charge in [0.05, 0.1) is 10.4 Å². The summed E-state index contributed by atoms with van der Waals surface area (Å²) in [6, 6.07) is 10.9. The smallest absolute Gasteiger partial charge is 0.0945 e. The molecule has 2 unspecified atom stereocenters. The molecule has 4 heteroatoms. The van der Waals surface area contributed by atoms with Crippen molar-refractivity contribution in [2.45, 2.75) is 35.6 Å². The summed E-state index contributed by atoms with van der Waals surface area (Å²) in [4.78, 5) is 4.14. The lowest BCUT2D eigenvalue weighted by Crippen LogP contribution is -2.23. The van der Waals surface area contributed by atoms with Gasteiger partial charge in [0.25, 0.3) is 0 Å². The van der Waals surface area contributed by atoms with Gasteiger partial charge >= 0.3 is 0 Å². The Morgan fingerprint density at radius 3 is 2.85 bits per heavy atom. The van der Waals surface area contributed by atoms with Gasteiger partial charge in [-0.3, -0.25) is 0 Å². The number of hydrogen-bond acceptors (Lipinski definition) is 3. The highest BCUT2D eigenvalue weighted by Crippen LogP contribution is 2.52. The maximum atomic E-state index is 4.14. The van der Waals surface area contributed by atoms with E-state index >= 15 is 0 Å². The zero-order chi connectivity index (χ0) is 13.8. The average Bonchev–Trinajstić information content (AvgIpc) is 3.08. The molecule has 1 aliphatic rings. The molecule has 0 saturated carbocycles. The Morgan fingerprint density at radius 2 is 2.20 bits per heavy atom. The molecule has 0 radical (unpaired) electrons. The van der Waals surface area contributed by atoms with Gasteiger partial charge in [-0.2, -0.15) is 0 Å². The van der Waals surface area contributed by atoms with Crippen molar-refractivity contribution >= 4 is 23.5 Å². The fourth-order valence-electron chi connectivity index (χ4n) is 2.64. The van der Waals surface area contributed by atoms with Crippen molar-refractivity contribution in [2.24, 2.45) is 0 Å². The third-order valence-electron chi connectivity index (χ3n) is 3.62. The topological polar surface area (TPSA) is 17.8 Å². The zero-order valence-corrected chi connectivity index (χ0v) is 13.4. The second-order valence-corrected chi connectivity index (χ2v) is 8.85. The van der Waals surface area contributed by atoms with Gasteiger partial charge in [-0.1, -0.05) is 37.3 Å². The summed E-state index contributed by atoms with van der Waals surface area (Å²) < 4.78 is 2.52. The molecule has 106 valence electrons. The number of hydrogen-bond donors (Lipinski definition) is 0. The van der Waals surface area contributed by atoms with Gasteiger partial charge in [0.15, 0.2) is 0 Å². The van der Waals surface area contributed by atoms with Crippen LogP contribution in [0, 0.1) is 0 Å². The minimum absolute atomic E-state index is 0.324. The molecule has 1 aromatic carbocycles. The van der Waals surface area contributed by atoms with Gasteiger partial charge < -0.3 is 4.57 Å². The van der Waals surface area contributed by atoms with Crippen molar-refractivity contribution in [3.63, 3.8) is 0 Å². The maximum Gasteiger partial charge on any atom is 0.0945 e. The van der Waals surface area contributed by atoms with E-state index in [2.05, 4.69) is 76.5 Å². The third kappa shape index (κ3) is 3.41. The molecule has 2 aromatic rings. The molecular weight excluding hydrogens is 284 g/mol. The second-order valence-electron chi connectivity index (χ2n) is 5.36. The number of aromatic nitrogens is 2. The number of nitrogens with zero attached hydrogens (tertiary/aromatic N) is 2. The van der Waals surface area contributed by atoms with Crippen LogP contribution in [-0.4, -0.2) is 24.6 Å². The van der Waals surface area contributed by atoms with Crippen molar-refractivity contribution in [3.05, 3.63) is 54.6 Å². The second kappa shape index (κ2) is 6.27. The Morgan fingerprint density at radius 1 is 1.35 bits per heavy atom. The number of thioether (sulfide) groups is 2. The molecule has 1 aliphatic heterocycles. The van der Waals surface area contributed by atoms with E-state index in [0.29, 0.717) is 4.08 Å². The van der Waals surface area contributed by atoms with Crippen molar-refractivity contribution in [2.75, 3.05) is 5.75 Å². The molecular formula is C16H20N2S2. The Kier molecular flexibility index (Phi) is 4.41. The zero-order valence-electron chi connectivity index (χ0n) is 11.7. The minimum Gasteiger partial charge on any atom is -0.337 e. The number of rotatable bonds is 5. The largest absolute Gasteiger partial charge is 0.337 e. The summed E-state index contributed by atoms with van der Waals surface area (Å²) in [5.41, 5.74) is 1.45. The molecule has 0 N–H and O–H groups in total. The van der Waals surface area contributed by atoms with Crippen LogP contribution >= 0.6 is 23.5 Å². The van der Waals surface area contributed by atoms with Gasteiger partial charge in [0.1, 0.15) is 0 Å². The summed E-state index contributed by atoms with van der Waals surface area (Å²) in [6.07, 6.45) is 8.19. The fourth-order valence-corrected chi connectivity index (χ4v) is 6.32. The van der Waals surface area contributed by atoms with E-state index in [-0.39, 0.29) is 0 Å². The predicted octanol–water partition coefficient (Wildman–Crippen LogP) is 4.08. The highest BCUT2D eigenvalue weighted by atomic mass is 32.2. The van der Waals surface area contributed by atoms with E-state index in [1.54, 1.807) is 0 Å². The molecule has 2 heterocycles. The lowest BCUT2D eigenvalue weighted by Gasteiger charge is -2.28. The van der Waals surface area contributed by atoms with Gasteiger partial charge in [0.2, 0.25) is 0 Å². The van der Waals surface area contributed by atoms with Crippen LogP contribution in [0.4, 0.5) is 0 Å². The molecule has 0 aliphatic carbocycles. The molecule has 1 saturated heterocycles. The normalized spacial score (nSPS) is 25.9. The van der Waals surface area contributed by atoms with Gasteiger partial charge in [-0.15, -0.1) is 23.5 Å². The molecule has 20 heavy (non-hydrogen) atoms. The maximum absolute atomic E-state index is 4.14. The van der Waals surface area contributed by atoms with Crippen LogP contribution in [0.3, 0.4) is 0 Å². The number of benzene rings is 1. The van der Waals surface area contributed by atoms with Crippen molar-refractivity contribution < 1.29 is 0 Å². The van der Waals surface area contributed by atoms with Crippen LogP contribution < -0.4 is 0 Å². The molecule has 0 bridgehead atoms. The van der Waals surface area contributed by atoms with Crippen LogP contribution in [-0.2, 0) is 13.0 Å². The van der Waals surface area contributed by atoms with Crippen molar-refractivity contribution in [3.8, 4) is 0 Å². The van der Waals surface area contributed by atoms with Crippen LogP contribution in [0.2, 0.25) is 0 Å². The average molecular weight is 304 g/mol. The fraction of sp³-hybridized carbons (Fsp3) is 0.438. The first-order chi connectivity index (χ1) is 9.76. The van der Waals surface area contributed by atoms with E-state index in [1.807, 2.05) is 12.5 Å². The summed E-state index contributed by atoms with van der Waals surface area (Å²) >= 11 is 4.30. The Hall–Kier alpha value is -0.870. The first-order valence-corrected chi connectivity index (χ1v) is 8.94. The Balaban J connectivity index is 1.71. The summed E-state index contributed by atoms with van der Waals surface area (Å²) in [5, 5.41) is 0.756. The molecule has 2 nitrogen and oxygen atoms in total. The van der Waals surface area contributed by atoms with Crippen LogP contribution in [0.25, 0.3) is 0 Å². The van der Waals surface area contributed by atoms with Crippen LogP contribution in [0.15, 0.2) is 49.1 Å². The highest BCUT2D eigenvalue weighted by Gasteiger charge is 2.38. The van der Waals surface area contributed by atoms with Crippen LogP contribution in [0.5, 0.6) is 0 Å². The van der Waals surface area contributed by atoms with E-state index in [9.17, 15) is 0 Å². The number of aryl methyl sites for hydroxylation is 1. The summed E-state index contributed by atoms with van der Waals surface area (Å²) in [5.74, 6) is 1.27. The van der Waals surface area contributed by atoms with E-state index < -0.39 is 0 Å². The van der Waals surface area contributed by atoms with E-state index in [0.717, 1.165) is 18.2 Å². The predicted molar refractivity (Wildman–Crippen MR) is 89.2 cm³/mol. The number of imidazole rings is 1. The molecule has 2 atom stereocenters. The Labute approximate surface area is 129 Å². The quantitative estimate of drug-likeness (QED) is 0.829. The SMILES string of the molecule is CC1CSC(CCn2ccnc2)(Cc2ccccc2)S1. The van der Waals surface area contributed by atoms with Crippen molar-refractivity contribution in [1.29, 1.82) is 0 Å². The minimum atomic E-state index is 0.324. The first-order valence-electron chi connectivity index (χ1n) is 7.07. The third-order valence-corrected chi connectivity index (χ3v) is 7.36. The molecule has 0 amide bonds. The molecule has 1 fully saturated rings. The van der Waals surface area contributed by atoms with Gasteiger partial charge in [-0.25, -0.2) is 4.98 Å². The van der Waals surface area contributed by atoms with E-state index in [1.165, 1.54) is 17.7 Å². The van der Waals surface area contributed by atoms with E-state index in [4.69, 9.17) is 0 Å². The first kappa shape index (κ1) is 14.1. The van der Waals surface area contributed by atoms with Gasteiger partial charge in [-0.05, 0) is 18.4 Å². The van der Waals surface area contributed by atoms with Gasteiger partial charge in [0, 0.05) is 29.9 Å². The molecule has 3 rings (SSSR count). The lowest BCUT2D eigenvalue weighted by atomic mass is 10.1. The Bertz CT molecular complexity index is 527.